The van der Waals surface area contributed by atoms with Crippen LogP contribution < -0.4 is 5.73 Å². The van der Waals surface area contributed by atoms with Crippen LogP contribution in [0.2, 0.25) is 0 Å². The van der Waals surface area contributed by atoms with Gasteiger partial charge in [-0.3, -0.25) is 4.79 Å². The van der Waals surface area contributed by atoms with E-state index in [0.717, 1.165) is 11.1 Å². The van der Waals surface area contributed by atoms with Crippen molar-refractivity contribution in [2.45, 2.75) is 45.8 Å². The summed E-state index contributed by atoms with van der Waals surface area (Å²) >= 11 is 0. The van der Waals surface area contributed by atoms with Crippen molar-refractivity contribution in [3.63, 3.8) is 0 Å². The van der Waals surface area contributed by atoms with E-state index in [0.29, 0.717) is 6.42 Å². The lowest BCUT2D eigenvalue weighted by Crippen LogP contribution is -2.38. The minimum Gasteiger partial charge on any atom is -0.459 e. The van der Waals surface area contributed by atoms with E-state index in [1.807, 2.05) is 0 Å². The molecule has 1 aromatic carbocycles. The molecule has 0 aromatic heterocycles. The van der Waals surface area contributed by atoms with Gasteiger partial charge in [0, 0.05) is 0 Å². The fourth-order valence-electron chi connectivity index (χ4n) is 1.59. The summed E-state index contributed by atoms with van der Waals surface area (Å²) in [5.41, 5.74) is 6.89. The standard InChI is InChI=1S/C14H20FNO2/c1-9-7-11(15)6-5-10(9)8-12(16)13(17)18-14(2,3)4/h5-7,12H,8,16H2,1-4H3. The van der Waals surface area contributed by atoms with Crippen LogP contribution in [0.15, 0.2) is 18.2 Å². The Bertz CT molecular complexity index is 438. The van der Waals surface area contributed by atoms with Crippen LogP contribution in [-0.2, 0) is 16.0 Å². The minimum atomic E-state index is -0.728. The Morgan fingerprint density at radius 3 is 2.56 bits per heavy atom. The molecular formula is C14H20FNO2. The Kier molecular flexibility index (Phi) is 4.46. The molecule has 2 N–H and O–H groups in total. The van der Waals surface area contributed by atoms with Crippen LogP contribution >= 0.6 is 0 Å². The number of ether oxygens (including phenoxy) is 1. The molecule has 0 bridgehead atoms. The average molecular weight is 253 g/mol. The molecule has 0 fully saturated rings. The Morgan fingerprint density at radius 1 is 1.44 bits per heavy atom. The first-order chi connectivity index (χ1) is 8.19. The number of benzene rings is 1. The second kappa shape index (κ2) is 5.48. The lowest BCUT2D eigenvalue weighted by atomic mass is 10.0. The van der Waals surface area contributed by atoms with Crippen LogP contribution in [-0.4, -0.2) is 17.6 Å². The van der Waals surface area contributed by atoms with Crippen molar-refractivity contribution < 1.29 is 13.9 Å². The van der Waals surface area contributed by atoms with E-state index in [1.54, 1.807) is 33.8 Å². The van der Waals surface area contributed by atoms with Crippen LogP contribution in [0, 0.1) is 12.7 Å². The summed E-state index contributed by atoms with van der Waals surface area (Å²) in [6.07, 6.45) is 0.348. The molecule has 100 valence electrons. The molecule has 1 unspecified atom stereocenters. The summed E-state index contributed by atoms with van der Waals surface area (Å²) in [6.45, 7) is 7.17. The van der Waals surface area contributed by atoms with E-state index >= 15 is 0 Å². The van der Waals surface area contributed by atoms with Gasteiger partial charge in [-0.2, -0.15) is 0 Å². The normalized spacial score (nSPS) is 13.2. The number of aryl methyl sites for hydroxylation is 1. The largest absolute Gasteiger partial charge is 0.459 e. The molecule has 0 amide bonds. The highest BCUT2D eigenvalue weighted by Crippen LogP contribution is 2.14. The molecule has 0 saturated heterocycles. The van der Waals surface area contributed by atoms with E-state index < -0.39 is 17.6 Å². The third-order valence-electron chi connectivity index (χ3n) is 2.45. The predicted octanol–water partition coefficient (Wildman–Crippen LogP) is 2.35. The molecular weight excluding hydrogens is 233 g/mol. The molecule has 0 saturated carbocycles. The molecule has 1 atom stereocenters. The maximum absolute atomic E-state index is 12.9. The van der Waals surface area contributed by atoms with Crippen LogP contribution in [0.5, 0.6) is 0 Å². The average Bonchev–Trinajstić information content (AvgIpc) is 2.19. The van der Waals surface area contributed by atoms with Gasteiger partial charge in [-0.15, -0.1) is 0 Å². The number of hydrogen-bond acceptors (Lipinski definition) is 3. The zero-order valence-corrected chi connectivity index (χ0v) is 11.3. The number of esters is 1. The number of carbonyl (C=O) groups excluding carboxylic acids is 1. The first kappa shape index (κ1) is 14.6. The molecule has 0 spiro atoms. The van der Waals surface area contributed by atoms with Crippen molar-refractivity contribution in [2.24, 2.45) is 5.73 Å². The van der Waals surface area contributed by atoms with Gasteiger partial charge in [-0.1, -0.05) is 6.07 Å². The molecule has 3 nitrogen and oxygen atoms in total. The molecule has 0 heterocycles. The van der Waals surface area contributed by atoms with Gasteiger partial charge < -0.3 is 10.5 Å². The molecule has 18 heavy (non-hydrogen) atoms. The van der Waals surface area contributed by atoms with Crippen molar-refractivity contribution in [2.75, 3.05) is 0 Å². The number of rotatable bonds is 3. The third kappa shape index (κ3) is 4.45. The molecule has 0 aliphatic carbocycles. The Labute approximate surface area is 107 Å². The summed E-state index contributed by atoms with van der Waals surface area (Å²) < 4.78 is 18.1. The van der Waals surface area contributed by atoms with E-state index in [9.17, 15) is 9.18 Å². The fourth-order valence-corrected chi connectivity index (χ4v) is 1.59. The van der Waals surface area contributed by atoms with Crippen molar-refractivity contribution in [1.29, 1.82) is 0 Å². The van der Waals surface area contributed by atoms with Gasteiger partial charge >= 0.3 is 5.97 Å². The lowest BCUT2D eigenvalue weighted by Gasteiger charge is -2.22. The van der Waals surface area contributed by atoms with Crippen LogP contribution in [0.4, 0.5) is 4.39 Å². The summed E-state index contributed by atoms with van der Waals surface area (Å²) in [6, 6.07) is 3.71. The van der Waals surface area contributed by atoms with Gasteiger partial charge in [0.15, 0.2) is 0 Å². The lowest BCUT2D eigenvalue weighted by molar-refractivity contribution is -0.156. The van der Waals surface area contributed by atoms with Crippen molar-refractivity contribution in [1.82, 2.24) is 0 Å². The highest BCUT2D eigenvalue weighted by atomic mass is 19.1. The second-order valence-electron chi connectivity index (χ2n) is 5.41. The van der Waals surface area contributed by atoms with Gasteiger partial charge in [-0.25, -0.2) is 4.39 Å². The zero-order valence-electron chi connectivity index (χ0n) is 11.3. The smallest absolute Gasteiger partial charge is 0.323 e. The van der Waals surface area contributed by atoms with Crippen LogP contribution in [0.3, 0.4) is 0 Å². The van der Waals surface area contributed by atoms with E-state index in [1.165, 1.54) is 12.1 Å². The molecule has 1 aromatic rings. The topological polar surface area (TPSA) is 52.3 Å². The van der Waals surface area contributed by atoms with Gasteiger partial charge in [0.05, 0.1) is 0 Å². The molecule has 0 aliphatic rings. The summed E-state index contributed by atoms with van der Waals surface area (Å²) in [5, 5.41) is 0. The number of halogens is 1. The maximum atomic E-state index is 12.9. The SMILES string of the molecule is Cc1cc(F)ccc1CC(N)C(=O)OC(C)(C)C. The number of hydrogen-bond donors (Lipinski definition) is 1. The van der Waals surface area contributed by atoms with E-state index in [-0.39, 0.29) is 5.82 Å². The summed E-state index contributed by atoms with van der Waals surface area (Å²) in [7, 11) is 0. The zero-order chi connectivity index (χ0) is 13.9. The second-order valence-corrected chi connectivity index (χ2v) is 5.41. The van der Waals surface area contributed by atoms with E-state index in [4.69, 9.17) is 10.5 Å². The Hall–Kier alpha value is -1.42. The fraction of sp³-hybridized carbons (Fsp3) is 0.500. The van der Waals surface area contributed by atoms with Gasteiger partial charge in [0.25, 0.3) is 0 Å². The van der Waals surface area contributed by atoms with Crippen molar-refractivity contribution >= 4 is 5.97 Å². The van der Waals surface area contributed by atoms with Crippen LogP contribution in [0.25, 0.3) is 0 Å². The number of nitrogens with two attached hydrogens (primary N) is 1. The molecule has 0 aliphatic heterocycles. The Morgan fingerprint density at radius 2 is 2.06 bits per heavy atom. The minimum absolute atomic E-state index is 0.290. The molecule has 1 rings (SSSR count). The Balaban J connectivity index is 2.69. The van der Waals surface area contributed by atoms with Crippen molar-refractivity contribution in [3.8, 4) is 0 Å². The molecule has 4 heteroatoms. The summed E-state index contributed by atoms with van der Waals surface area (Å²) in [5.74, 6) is -0.728. The molecule has 0 radical (unpaired) electrons. The maximum Gasteiger partial charge on any atom is 0.323 e. The van der Waals surface area contributed by atoms with Crippen LogP contribution in [0.1, 0.15) is 31.9 Å². The first-order valence-corrected chi connectivity index (χ1v) is 5.92. The highest BCUT2D eigenvalue weighted by molar-refractivity contribution is 5.76. The van der Waals surface area contributed by atoms with E-state index in [2.05, 4.69) is 0 Å². The van der Waals surface area contributed by atoms with Crippen molar-refractivity contribution in [3.05, 3.63) is 35.1 Å². The van der Waals surface area contributed by atoms with Gasteiger partial charge in [0.2, 0.25) is 0 Å². The third-order valence-corrected chi connectivity index (χ3v) is 2.45. The van der Waals surface area contributed by atoms with Gasteiger partial charge in [0.1, 0.15) is 17.5 Å². The first-order valence-electron chi connectivity index (χ1n) is 5.92. The quantitative estimate of drug-likeness (QED) is 0.841. The monoisotopic (exact) mass is 253 g/mol. The van der Waals surface area contributed by atoms with Gasteiger partial charge in [-0.05, 0) is 57.4 Å². The highest BCUT2D eigenvalue weighted by Gasteiger charge is 2.22. The summed E-state index contributed by atoms with van der Waals surface area (Å²) in [4.78, 5) is 11.7. The number of carbonyl (C=O) groups is 1. The predicted molar refractivity (Wildman–Crippen MR) is 68.7 cm³/mol.